The fraction of sp³-hybridized carbons (Fsp3) is 0.857. The fourth-order valence-corrected chi connectivity index (χ4v) is 2.35. The Hall–Kier alpha value is -1.30. The van der Waals surface area contributed by atoms with Crippen LogP contribution in [0.3, 0.4) is 0 Å². The van der Waals surface area contributed by atoms with E-state index in [9.17, 15) is 9.59 Å². The van der Waals surface area contributed by atoms with Crippen LogP contribution < -0.4 is 0 Å². The molecule has 6 nitrogen and oxygen atoms in total. The molecule has 0 spiro atoms. The lowest BCUT2D eigenvalue weighted by Gasteiger charge is -2.33. The summed E-state index contributed by atoms with van der Waals surface area (Å²) >= 11 is 0. The monoisotopic (exact) mass is 286 g/mol. The van der Waals surface area contributed by atoms with Crippen molar-refractivity contribution in [3.8, 4) is 0 Å². The Kier molecular flexibility index (Phi) is 6.78. The van der Waals surface area contributed by atoms with Gasteiger partial charge in [0.15, 0.2) is 0 Å². The Bertz CT molecular complexity index is 327. The maximum Gasteiger partial charge on any atom is 0.320 e. The molecule has 20 heavy (non-hydrogen) atoms. The SMILES string of the molecule is CCN(CC1CCCO1)C(=O)N(CCC(=O)O)C(C)C. The topological polar surface area (TPSA) is 70.1 Å². The summed E-state index contributed by atoms with van der Waals surface area (Å²) in [6.07, 6.45) is 2.12. The van der Waals surface area contributed by atoms with Crippen LogP contribution in [0.4, 0.5) is 4.79 Å². The molecule has 1 rings (SSSR count). The van der Waals surface area contributed by atoms with E-state index in [1.54, 1.807) is 9.80 Å². The van der Waals surface area contributed by atoms with Gasteiger partial charge in [-0.3, -0.25) is 4.79 Å². The van der Waals surface area contributed by atoms with Gasteiger partial charge in [-0.1, -0.05) is 0 Å². The molecule has 1 fully saturated rings. The molecule has 0 aliphatic carbocycles. The highest BCUT2D eigenvalue weighted by Crippen LogP contribution is 2.15. The van der Waals surface area contributed by atoms with Gasteiger partial charge in [0, 0.05) is 32.3 Å². The lowest BCUT2D eigenvalue weighted by atomic mass is 10.2. The molecule has 1 heterocycles. The number of hydrogen-bond acceptors (Lipinski definition) is 3. The van der Waals surface area contributed by atoms with Crippen LogP contribution in [0.2, 0.25) is 0 Å². The van der Waals surface area contributed by atoms with Gasteiger partial charge >= 0.3 is 12.0 Å². The third kappa shape index (κ3) is 5.00. The largest absolute Gasteiger partial charge is 0.481 e. The quantitative estimate of drug-likeness (QED) is 0.774. The van der Waals surface area contributed by atoms with Gasteiger partial charge in [-0.05, 0) is 33.6 Å². The first kappa shape index (κ1) is 16.8. The maximum absolute atomic E-state index is 12.5. The van der Waals surface area contributed by atoms with Gasteiger partial charge in [0.2, 0.25) is 0 Å². The van der Waals surface area contributed by atoms with Crippen molar-refractivity contribution < 1.29 is 19.4 Å². The number of urea groups is 1. The van der Waals surface area contributed by atoms with Gasteiger partial charge in [0.25, 0.3) is 0 Å². The molecule has 1 aliphatic heterocycles. The predicted octanol–water partition coefficient (Wildman–Crippen LogP) is 1.79. The Labute approximate surface area is 120 Å². The highest BCUT2D eigenvalue weighted by Gasteiger charge is 2.26. The van der Waals surface area contributed by atoms with Crippen molar-refractivity contribution in [1.82, 2.24) is 9.80 Å². The van der Waals surface area contributed by atoms with Crippen molar-refractivity contribution in [2.75, 3.05) is 26.2 Å². The molecule has 1 unspecified atom stereocenters. The first-order valence-electron chi connectivity index (χ1n) is 7.34. The molecular formula is C14H26N2O4. The normalized spacial score (nSPS) is 18.3. The van der Waals surface area contributed by atoms with Gasteiger partial charge in [-0.2, -0.15) is 0 Å². The Morgan fingerprint density at radius 3 is 2.55 bits per heavy atom. The van der Waals surface area contributed by atoms with Gasteiger partial charge < -0.3 is 19.6 Å². The summed E-state index contributed by atoms with van der Waals surface area (Å²) in [5.41, 5.74) is 0. The number of hydrogen-bond donors (Lipinski definition) is 1. The zero-order chi connectivity index (χ0) is 15.1. The average molecular weight is 286 g/mol. The third-order valence-corrected chi connectivity index (χ3v) is 3.54. The lowest BCUT2D eigenvalue weighted by molar-refractivity contribution is -0.137. The van der Waals surface area contributed by atoms with Crippen LogP contribution >= 0.6 is 0 Å². The van der Waals surface area contributed by atoms with Gasteiger partial charge in [-0.25, -0.2) is 4.79 Å². The second-order valence-electron chi connectivity index (χ2n) is 5.39. The number of carbonyl (C=O) groups excluding carboxylic acids is 1. The Morgan fingerprint density at radius 1 is 1.40 bits per heavy atom. The molecule has 0 aromatic rings. The van der Waals surface area contributed by atoms with Crippen LogP contribution in [-0.4, -0.2) is 65.3 Å². The van der Waals surface area contributed by atoms with E-state index < -0.39 is 5.97 Å². The minimum Gasteiger partial charge on any atom is -0.481 e. The maximum atomic E-state index is 12.5. The number of carboxylic acids is 1. The summed E-state index contributed by atoms with van der Waals surface area (Å²) in [5.74, 6) is -0.884. The lowest BCUT2D eigenvalue weighted by Crippen LogP contribution is -2.49. The number of rotatable bonds is 7. The van der Waals surface area contributed by atoms with E-state index in [0.29, 0.717) is 13.1 Å². The minimum absolute atomic E-state index is 0.0135. The molecule has 2 amide bonds. The van der Waals surface area contributed by atoms with Crippen molar-refractivity contribution in [1.29, 1.82) is 0 Å². The molecule has 0 radical (unpaired) electrons. The number of ether oxygens (including phenoxy) is 1. The standard InChI is InChI=1S/C14H26N2O4/c1-4-15(10-12-6-5-9-20-12)14(19)16(11(2)3)8-7-13(17)18/h11-12H,4-10H2,1-3H3,(H,17,18). The van der Waals surface area contributed by atoms with E-state index in [4.69, 9.17) is 9.84 Å². The van der Waals surface area contributed by atoms with Crippen LogP contribution in [0.15, 0.2) is 0 Å². The molecule has 1 saturated heterocycles. The van der Waals surface area contributed by atoms with Crippen molar-refractivity contribution in [3.63, 3.8) is 0 Å². The molecule has 0 bridgehead atoms. The summed E-state index contributed by atoms with van der Waals surface area (Å²) in [7, 11) is 0. The zero-order valence-electron chi connectivity index (χ0n) is 12.7. The highest BCUT2D eigenvalue weighted by molar-refractivity contribution is 5.75. The fourth-order valence-electron chi connectivity index (χ4n) is 2.35. The summed E-state index contributed by atoms with van der Waals surface area (Å²) in [6, 6.07) is -0.111. The van der Waals surface area contributed by atoms with Crippen molar-refractivity contribution >= 4 is 12.0 Å². The number of nitrogens with zero attached hydrogens (tertiary/aromatic N) is 2. The van der Waals surface area contributed by atoms with E-state index in [1.807, 2.05) is 20.8 Å². The molecule has 1 atom stereocenters. The van der Waals surface area contributed by atoms with E-state index >= 15 is 0 Å². The average Bonchev–Trinajstić information content (AvgIpc) is 2.87. The molecular weight excluding hydrogens is 260 g/mol. The van der Waals surface area contributed by atoms with Gasteiger partial charge in [-0.15, -0.1) is 0 Å². The summed E-state index contributed by atoms with van der Waals surface area (Å²) in [5, 5.41) is 8.78. The van der Waals surface area contributed by atoms with Gasteiger partial charge in [0.05, 0.1) is 12.5 Å². The molecule has 116 valence electrons. The molecule has 1 aliphatic rings. The number of aliphatic carboxylic acids is 1. The van der Waals surface area contributed by atoms with Crippen LogP contribution in [-0.2, 0) is 9.53 Å². The highest BCUT2D eigenvalue weighted by atomic mass is 16.5. The number of carboxylic acid groups (broad SMARTS) is 1. The summed E-state index contributed by atoms with van der Waals surface area (Å²) < 4.78 is 5.57. The van der Waals surface area contributed by atoms with Crippen LogP contribution in [0.5, 0.6) is 0 Å². The molecule has 1 N–H and O–H groups in total. The second-order valence-corrected chi connectivity index (χ2v) is 5.39. The van der Waals surface area contributed by atoms with E-state index in [-0.39, 0.29) is 31.1 Å². The predicted molar refractivity (Wildman–Crippen MR) is 75.7 cm³/mol. The first-order chi connectivity index (χ1) is 9.45. The number of amides is 2. The smallest absolute Gasteiger partial charge is 0.320 e. The van der Waals surface area contributed by atoms with Crippen LogP contribution in [0.25, 0.3) is 0 Å². The Morgan fingerprint density at radius 2 is 2.10 bits per heavy atom. The second kappa shape index (κ2) is 8.09. The van der Waals surface area contributed by atoms with Crippen molar-refractivity contribution in [3.05, 3.63) is 0 Å². The Balaban J connectivity index is 2.61. The zero-order valence-corrected chi connectivity index (χ0v) is 12.7. The molecule has 6 heteroatoms. The molecule has 0 saturated carbocycles. The van der Waals surface area contributed by atoms with E-state index in [0.717, 1.165) is 19.4 Å². The molecule has 0 aromatic heterocycles. The minimum atomic E-state index is -0.884. The van der Waals surface area contributed by atoms with Crippen molar-refractivity contribution in [2.24, 2.45) is 0 Å². The third-order valence-electron chi connectivity index (χ3n) is 3.54. The number of likely N-dealkylation sites (N-methyl/N-ethyl adjacent to an activating group) is 1. The summed E-state index contributed by atoms with van der Waals surface area (Å²) in [4.78, 5) is 26.6. The first-order valence-corrected chi connectivity index (χ1v) is 7.34. The van der Waals surface area contributed by atoms with E-state index in [2.05, 4.69) is 0 Å². The number of carbonyl (C=O) groups is 2. The van der Waals surface area contributed by atoms with Gasteiger partial charge in [0.1, 0.15) is 0 Å². The van der Waals surface area contributed by atoms with Crippen LogP contribution in [0, 0.1) is 0 Å². The molecule has 0 aromatic carbocycles. The summed E-state index contributed by atoms with van der Waals surface area (Å²) in [6.45, 7) is 7.94. The van der Waals surface area contributed by atoms with E-state index in [1.165, 1.54) is 0 Å². The van der Waals surface area contributed by atoms with Crippen LogP contribution in [0.1, 0.15) is 40.0 Å². The van der Waals surface area contributed by atoms with Crippen molar-refractivity contribution in [2.45, 2.75) is 52.2 Å².